The van der Waals surface area contributed by atoms with Crippen LogP contribution in [0.2, 0.25) is 0 Å². The minimum absolute atomic E-state index is 0.0951. The summed E-state index contributed by atoms with van der Waals surface area (Å²) in [5.41, 5.74) is 3.56. The van der Waals surface area contributed by atoms with Crippen LogP contribution in [-0.2, 0) is 28.7 Å². The third-order valence-corrected chi connectivity index (χ3v) is 10.6. The standard InChI is InChI=1S/C34H37NO4/c1-21(33(2,38)24-11-7-4-8-12-24)25-19-23-20-27-26-13-14-28(36)32-34(26,29(23)31(39-32)30(25)37)16-18-35(27)17-15-22-9-5-3-6-10-22/h3-12,19,21,26-27,32,37-38H,13-18,20H2,1-2H3/t21?,26-,27+,32?,33?,34-/m0/s1. The van der Waals surface area contributed by atoms with Gasteiger partial charge in [-0.25, -0.2) is 0 Å². The van der Waals surface area contributed by atoms with Crippen LogP contribution in [0.25, 0.3) is 0 Å². The Morgan fingerprint density at radius 1 is 1.13 bits per heavy atom. The van der Waals surface area contributed by atoms with Crippen LogP contribution in [0.3, 0.4) is 0 Å². The van der Waals surface area contributed by atoms with Gasteiger partial charge >= 0.3 is 0 Å². The largest absolute Gasteiger partial charge is 0.504 e. The Morgan fingerprint density at radius 2 is 1.85 bits per heavy atom. The van der Waals surface area contributed by atoms with E-state index >= 15 is 0 Å². The van der Waals surface area contributed by atoms with Crippen LogP contribution >= 0.6 is 0 Å². The second-order valence-corrected chi connectivity index (χ2v) is 12.4. The lowest BCUT2D eigenvalue weighted by Gasteiger charge is -2.57. The zero-order valence-corrected chi connectivity index (χ0v) is 22.8. The zero-order chi connectivity index (χ0) is 26.9. The van der Waals surface area contributed by atoms with Crippen molar-refractivity contribution in [2.24, 2.45) is 5.92 Å². The molecule has 3 unspecified atom stereocenters. The minimum Gasteiger partial charge on any atom is -0.504 e. The van der Waals surface area contributed by atoms with Gasteiger partial charge in [0.15, 0.2) is 23.4 Å². The molecule has 2 aliphatic carbocycles. The number of ether oxygens (including phenoxy) is 1. The van der Waals surface area contributed by atoms with Crippen LogP contribution in [0.15, 0.2) is 66.7 Å². The number of phenols is 1. The molecule has 0 radical (unpaired) electrons. The van der Waals surface area contributed by atoms with Gasteiger partial charge in [-0.3, -0.25) is 9.69 Å². The third-order valence-electron chi connectivity index (χ3n) is 10.6. The Kier molecular flexibility index (Phi) is 5.70. The first-order valence-corrected chi connectivity index (χ1v) is 14.5. The van der Waals surface area contributed by atoms with Gasteiger partial charge in [0.2, 0.25) is 0 Å². The number of carbonyl (C=O) groups excluding carboxylic acids is 1. The topological polar surface area (TPSA) is 70.0 Å². The minimum atomic E-state index is -1.19. The molecule has 4 aliphatic rings. The maximum Gasteiger partial charge on any atom is 0.174 e. The first-order valence-electron chi connectivity index (χ1n) is 14.5. The van der Waals surface area contributed by atoms with Crippen molar-refractivity contribution in [3.63, 3.8) is 0 Å². The number of phenolic OH excluding ortho intramolecular Hbond substituents is 1. The van der Waals surface area contributed by atoms with Gasteiger partial charge in [-0.1, -0.05) is 73.7 Å². The molecule has 2 N–H and O–H groups in total. The van der Waals surface area contributed by atoms with E-state index in [0.29, 0.717) is 29.7 Å². The molecule has 5 heteroatoms. The normalized spacial score (nSPS) is 29.3. The molecule has 2 aliphatic heterocycles. The fourth-order valence-corrected chi connectivity index (χ4v) is 8.36. The molecule has 0 aromatic heterocycles. The highest BCUT2D eigenvalue weighted by Crippen LogP contribution is 2.64. The highest BCUT2D eigenvalue weighted by atomic mass is 16.5. The first kappa shape index (κ1) is 24.9. The summed E-state index contributed by atoms with van der Waals surface area (Å²) < 4.78 is 6.50. The van der Waals surface area contributed by atoms with E-state index < -0.39 is 11.7 Å². The molecule has 0 amide bonds. The molecule has 5 nitrogen and oxygen atoms in total. The fourth-order valence-electron chi connectivity index (χ4n) is 8.36. The number of benzene rings is 3. The number of Topliss-reactive ketones (excluding diaryl/α,β-unsaturated/α-hetero) is 1. The van der Waals surface area contributed by atoms with Crippen LogP contribution in [0.4, 0.5) is 0 Å². The van der Waals surface area contributed by atoms with Crippen molar-refractivity contribution >= 4 is 5.78 Å². The van der Waals surface area contributed by atoms with Crippen molar-refractivity contribution in [3.8, 4) is 11.5 Å². The van der Waals surface area contributed by atoms with Gasteiger partial charge in [0, 0.05) is 41.5 Å². The van der Waals surface area contributed by atoms with Crippen LogP contribution < -0.4 is 4.74 Å². The molecule has 6 atom stereocenters. The number of rotatable bonds is 6. The SMILES string of the molecule is CC(c1cc2c3c(c1O)OC1C(=O)CC[C@H]4[C@@H](C2)N(CCc2ccccc2)CC[C@]314)C(C)(O)c1ccccc1. The number of piperidine rings is 1. The summed E-state index contributed by atoms with van der Waals surface area (Å²) in [6, 6.07) is 22.7. The molecule has 2 fully saturated rings. The number of carbonyl (C=O) groups is 1. The van der Waals surface area contributed by atoms with Crippen molar-refractivity contribution in [1.82, 2.24) is 4.90 Å². The van der Waals surface area contributed by atoms with Crippen molar-refractivity contribution in [2.75, 3.05) is 13.1 Å². The van der Waals surface area contributed by atoms with Crippen LogP contribution in [0.5, 0.6) is 11.5 Å². The van der Waals surface area contributed by atoms with Crippen molar-refractivity contribution in [2.45, 2.75) is 75.0 Å². The number of nitrogens with zero attached hydrogens (tertiary/aromatic N) is 1. The lowest BCUT2D eigenvalue weighted by atomic mass is 9.51. The quantitative estimate of drug-likeness (QED) is 0.462. The number of aromatic hydroxyl groups is 1. The number of ketones is 1. The Bertz CT molecular complexity index is 1420. The van der Waals surface area contributed by atoms with Crippen LogP contribution in [0.1, 0.15) is 66.8 Å². The Hall–Kier alpha value is -3.15. The molecule has 1 saturated heterocycles. The van der Waals surface area contributed by atoms with Gasteiger partial charge in [-0.2, -0.15) is 0 Å². The molecule has 7 rings (SSSR count). The fraction of sp³-hybridized carbons (Fsp3) is 0.441. The van der Waals surface area contributed by atoms with Gasteiger partial charge in [0.1, 0.15) is 0 Å². The van der Waals surface area contributed by atoms with Crippen molar-refractivity contribution in [3.05, 3.63) is 94.5 Å². The molecule has 3 aromatic rings. The molecular weight excluding hydrogens is 486 g/mol. The molecule has 2 heterocycles. The van der Waals surface area contributed by atoms with Crippen molar-refractivity contribution in [1.29, 1.82) is 0 Å². The lowest BCUT2D eigenvalue weighted by Crippen LogP contribution is -2.66. The summed E-state index contributed by atoms with van der Waals surface area (Å²) in [5, 5.41) is 23.3. The highest BCUT2D eigenvalue weighted by molar-refractivity contribution is 5.89. The van der Waals surface area contributed by atoms with E-state index in [1.54, 1.807) is 0 Å². The summed E-state index contributed by atoms with van der Waals surface area (Å²) in [5.74, 6) is 0.718. The van der Waals surface area contributed by atoms with E-state index in [-0.39, 0.29) is 22.9 Å². The monoisotopic (exact) mass is 523 g/mol. The molecule has 2 bridgehead atoms. The third kappa shape index (κ3) is 3.56. The van der Waals surface area contributed by atoms with E-state index in [4.69, 9.17) is 4.74 Å². The van der Waals surface area contributed by atoms with Gasteiger partial charge in [0.05, 0.1) is 5.60 Å². The summed E-state index contributed by atoms with van der Waals surface area (Å²) in [6.07, 6.45) is 3.65. The average Bonchev–Trinajstić information content (AvgIpc) is 3.31. The number of aliphatic hydroxyl groups is 1. The summed E-state index contributed by atoms with van der Waals surface area (Å²) in [7, 11) is 0. The maximum absolute atomic E-state index is 13.3. The summed E-state index contributed by atoms with van der Waals surface area (Å²) in [6.45, 7) is 5.70. The first-order chi connectivity index (χ1) is 18.8. The lowest BCUT2D eigenvalue weighted by molar-refractivity contribution is -0.138. The van der Waals surface area contributed by atoms with Gasteiger partial charge in [-0.05, 0) is 61.8 Å². The molecular formula is C34H37NO4. The van der Waals surface area contributed by atoms with Crippen LogP contribution in [0, 0.1) is 5.92 Å². The van der Waals surface area contributed by atoms with Gasteiger partial charge in [-0.15, -0.1) is 0 Å². The van der Waals surface area contributed by atoms with Gasteiger partial charge < -0.3 is 14.9 Å². The molecule has 1 spiro atoms. The average molecular weight is 524 g/mol. The van der Waals surface area contributed by atoms with Gasteiger partial charge in [0.25, 0.3) is 0 Å². The predicted octanol–water partition coefficient (Wildman–Crippen LogP) is 5.25. The molecule has 202 valence electrons. The Labute approximate surface area is 230 Å². The second-order valence-electron chi connectivity index (χ2n) is 12.4. The number of hydrogen-bond donors (Lipinski definition) is 2. The van der Waals surface area contributed by atoms with E-state index in [2.05, 4.69) is 41.3 Å². The van der Waals surface area contributed by atoms with Crippen LogP contribution in [-0.4, -0.2) is 46.1 Å². The Morgan fingerprint density at radius 3 is 2.59 bits per heavy atom. The van der Waals surface area contributed by atoms with E-state index in [1.165, 1.54) is 11.1 Å². The molecule has 39 heavy (non-hydrogen) atoms. The van der Waals surface area contributed by atoms with Crippen molar-refractivity contribution < 1.29 is 19.7 Å². The molecule has 1 saturated carbocycles. The highest BCUT2D eigenvalue weighted by Gasteiger charge is 2.66. The maximum atomic E-state index is 13.3. The second kappa shape index (κ2) is 8.94. The zero-order valence-electron chi connectivity index (χ0n) is 22.8. The number of hydrogen-bond acceptors (Lipinski definition) is 5. The van der Waals surface area contributed by atoms with E-state index in [9.17, 15) is 15.0 Å². The molecule has 3 aromatic carbocycles. The van der Waals surface area contributed by atoms with E-state index in [0.717, 1.165) is 49.9 Å². The Balaban J connectivity index is 1.30. The van der Waals surface area contributed by atoms with E-state index in [1.807, 2.05) is 44.2 Å². The summed E-state index contributed by atoms with van der Waals surface area (Å²) >= 11 is 0. The number of likely N-dealkylation sites (tertiary alicyclic amines) is 1. The smallest absolute Gasteiger partial charge is 0.174 e. The summed E-state index contributed by atoms with van der Waals surface area (Å²) in [4.78, 5) is 16.0. The predicted molar refractivity (Wildman–Crippen MR) is 150 cm³/mol.